The zero-order valence-corrected chi connectivity index (χ0v) is 11.5. The maximum absolute atomic E-state index is 6.18. The Labute approximate surface area is 106 Å². The molecular formula is C15H28NO+. The zero-order valence-electron chi connectivity index (χ0n) is 11.5. The van der Waals surface area contributed by atoms with Crippen LogP contribution in [0.5, 0.6) is 0 Å². The largest absolute Gasteiger partial charge is 0.369 e. The average molecular weight is 238 g/mol. The van der Waals surface area contributed by atoms with Gasteiger partial charge in [0.1, 0.15) is 12.6 Å². The second-order valence-electron chi connectivity index (χ2n) is 6.03. The first-order chi connectivity index (χ1) is 8.16. The van der Waals surface area contributed by atoms with Crippen molar-refractivity contribution < 1.29 is 9.64 Å². The highest BCUT2D eigenvalue weighted by Crippen LogP contribution is 2.29. The lowest BCUT2D eigenvalue weighted by molar-refractivity contribution is -0.908. The van der Waals surface area contributed by atoms with Crippen molar-refractivity contribution in [1.29, 1.82) is 0 Å². The normalized spacial score (nSPS) is 35.8. The van der Waals surface area contributed by atoms with Crippen LogP contribution in [0.25, 0.3) is 0 Å². The molecule has 2 aliphatic rings. The smallest absolute Gasteiger partial charge is 0.113 e. The first-order valence-electron chi connectivity index (χ1n) is 7.31. The Morgan fingerprint density at radius 1 is 1.24 bits per heavy atom. The molecule has 0 spiro atoms. The fourth-order valence-corrected chi connectivity index (χ4v) is 3.36. The third kappa shape index (κ3) is 3.56. The Hall–Kier alpha value is -0.340. The second-order valence-corrected chi connectivity index (χ2v) is 6.03. The quantitative estimate of drug-likeness (QED) is 0.741. The highest BCUT2D eigenvalue weighted by Gasteiger charge is 2.33. The molecule has 0 aromatic carbocycles. The van der Waals surface area contributed by atoms with Gasteiger partial charge in [0.05, 0.1) is 19.2 Å². The topological polar surface area (TPSA) is 13.7 Å². The summed E-state index contributed by atoms with van der Waals surface area (Å²) in [5.41, 5.74) is 1.32. The Kier molecular flexibility index (Phi) is 4.63. The molecule has 2 heteroatoms. The number of nitrogens with one attached hydrogen (secondary N) is 1. The lowest BCUT2D eigenvalue weighted by Crippen LogP contribution is -3.14. The van der Waals surface area contributed by atoms with Gasteiger partial charge in [0.2, 0.25) is 0 Å². The Balaban J connectivity index is 1.92. The van der Waals surface area contributed by atoms with Gasteiger partial charge in [-0.15, -0.1) is 0 Å². The molecule has 2 fully saturated rings. The maximum Gasteiger partial charge on any atom is 0.113 e. The Morgan fingerprint density at radius 2 is 1.94 bits per heavy atom. The lowest BCUT2D eigenvalue weighted by Gasteiger charge is -2.37. The van der Waals surface area contributed by atoms with Gasteiger partial charge < -0.3 is 9.64 Å². The van der Waals surface area contributed by atoms with Crippen LogP contribution in [-0.4, -0.2) is 31.8 Å². The first kappa shape index (κ1) is 13.1. The molecule has 17 heavy (non-hydrogen) atoms. The minimum atomic E-state index is 0.421. The summed E-state index contributed by atoms with van der Waals surface area (Å²) in [6.07, 6.45) is 7.56. The van der Waals surface area contributed by atoms with Gasteiger partial charge in [-0.2, -0.15) is 0 Å². The third-order valence-corrected chi connectivity index (χ3v) is 4.42. The van der Waals surface area contributed by atoms with E-state index >= 15 is 0 Å². The van der Waals surface area contributed by atoms with Crippen LogP contribution in [0.3, 0.4) is 0 Å². The molecule has 0 saturated carbocycles. The molecule has 0 radical (unpaired) electrons. The van der Waals surface area contributed by atoms with E-state index in [9.17, 15) is 0 Å². The van der Waals surface area contributed by atoms with Crippen LogP contribution in [0.2, 0.25) is 0 Å². The van der Waals surface area contributed by atoms with E-state index in [-0.39, 0.29) is 0 Å². The predicted molar refractivity (Wildman–Crippen MR) is 71.3 cm³/mol. The Bertz CT molecular complexity index is 258. The van der Waals surface area contributed by atoms with Crippen LogP contribution in [0, 0.1) is 5.92 Å². The van der Waals surface area contributed by atoms with Gasteiger partial charge >= 0.3 is 0 Å². The van der Waals surface area contributed by atoms with Gasteiger partial charge in [0.25, 0.3) is 0 Å². The van der Waals surface area contributed by atoms with Crippen LogP contribution in [-0.2, 0) is 4.74 Å². The molecule has 0 unspecified atom stereocenters. The van der Waals surface area contributed by atoms with Crippen molar-refractivity contribution in [3.8, 4) is 0 Å². The number of quaternary nitrogens is 1. The highest BCUT2D eigenvalue weighted by molar-refractivity contribution is 5.01. The Morgan fingerprint density at radius 3 is 2.59 bits per heavy atom. The molecule has 2 rings (SSSR count). The van der Waals surface area contributed by atoms with E-state index in [2.05, 4.69) is 20.4 Å². The van der Waals surface area contributed by atoms with Crippen molar-refractivity contribution in [3.05, 3.63) is 12.2 Å². The van der Waals surface area contributed by atoms with Crippen LogP contribution in [0.4, 0.5) is 0 Å². The molecule has 3 atom stereocenters. The summed E-state index contributed by atoms with van der Waals surface area (Å²) in [6.45, 7) is 12.4. The van der Waals surface area contributed by atoms with Crippen LogP contribution >= 0.6 is 0 Å². The summed E-state index contributed by atoms with van der Waals surface area (Å²) in [7, 11) is 0. The van der Waals surface area contributed by atoms with Crippen LogP contribution in [0.15, 0.2) is 12.2 Å². The number of hydrogen-bond donors (Lipinski definition) is 1. The number of ether oxygens (including phenoxy) is 1. The zero-order chi connectivity index (χ0) is 12.3. The molecule has 0 bridgehead atoms. The molecular weight excluding hydrogens is 210 g/mol. The molecule has 0 aliphatic carbocycles. The van der Waals surface area contributed by atoms with Crippen molar-refractivity contribution >= 4 is 0 Å². The minimum absolute atomic E-state index is 0.421. The molecule has 2 nitrogen and oxygen atoms in total. The molecule has 0 aromatic rings. The summed E-state index contributed by atoms with van der Waals surface area (Å²) in [5, 5.41) is 0. The molecule has 1 N–H and O–H groups in total. The molecule has 2 heterocycles. The average Bonchev–Trinajstić information content (AvgIpc) is 2.30. The van der Waals surface area contributed by atoms with Crippen molar-refractivity contribution in [2.24, 2.45) is 5.92 Å². The van der Waals surface area contributed by atoms with Gasteiger partial charge in [-0.1, -0.05) is 12.2 Å². The maximum atomic E-state index is 6.18. The van der Waals surface area contributed by atoms with E-state index in [1.54, 1.807) is 4.90 Å². The molecule has 2 saturated heterocycles. The van der Waals surface area contributed by atoms with Crippen LogP contribution in [0.1, 0.15) is 46.0 Å². The third-order valence-electron chi connectivity index (χ3n) is 4.42. The van der Waals surface area contributed by atoms with E-state index in [0.29, 0.717) is 18.1 Å². The number of rotatable bonds is 3. The fourth-order valence-electron chi connectivity index (χ4n) is 3.36. The van der Waals surface area contributed by atoms with Gasteiger partial charge in [-0.3, -0.25) is 0 Å². The summed E-state index contributed by atoms with van der Waals surface area (Å²) in [5.74, 6) is 0.598. The number of piperidine rings is 1. The minimum Gasteiger partial charge on any atom is -0.369 e. The van der Waals surface area contributed by atoms with Gasteiger partial charge in [0.15, 0.2) is 0 Å². The standard InChI is InChI=1S/C15H27NO/c1-12(2)14-8-7-13(3)17-15(14)11-16-9-5-4-6-10-16/h13-15H,1,4-11H2,2-3H3/p+1/t13-,14-,15+/m1/s1. The second kappa shape index (κ2) is 6.01. The number of likely N-dealkylation sites (tertiary alicyclic amines) is 1. The van der Waals surface area contributed by atoms with E-state index in [1.807, 2.05) is 0 Å². The summed E-state index contributed by atoms with van der Waals surface area (Å²) >= 11 is 0. The molecule has 0 aromatic heterocycles. The van der Waals surface area contributed by atoms with Crippen molar-refractivity contribution in [2.75, 3.05) is 19.6 Å². The van der Waals surface area contributed by atoms with E-state index < -0.39 is 0 Å². The van der Waals surface area contributed by atoms with Gasteiger partial charge in [0, 0.05) is 5.92 Å². The molecule has 0 amide bonds. The van der Waals surface area contributed by atoms with E-state index in [0.717, 1.165) is 0 Å². The van der Waals surface area contributed by atoms with Crippen LogP contribution < -0.4 is 4.90 Å². The van der Waals surface area contributed by atoms with Crippen molar-refractivity contribution in [2.45, 2.75) is 58.2 Å². The summed E-state index contributed by atoms with van der Waals surface area (Å²) in [4.78, 5) is 1.75. The SMILES string of the molecule is C=C(C)[C@H]1CC[C@@H](C)O[C@H]1C[NH+]1CCCCC1. The summed E-state index contributed by atoms with van der Waals surface area (Å²) < 4.78 is 6.18. The number of hydrogen-bond acceptors (Lipinski definition) is 1. The monoisotopic (exact) mass is 238 g/mol. The van der Waals surface area contributed by atoms with Crippen molar-refractivity contribution in [3.63, 3.8) is 0 Å². The van der Waals surface area contributed by atoms with Gasteiger partial charge in [-0.05, 0) is 46.0 Å². The molecule has 2 aliphatic heterocycles. The lowest BCUT2D eigenvalue weighted by atomic mass is 9.86. The summed E-state index contributed by atoms with van der Waals surface area (Å²) in [6, 6.07) is 0. The predicted octanol–water partition coefficient (Wildman–Crippen LogP) is 1.81. The van der Waals surface area contributed by atoms with Crippen molar-refractivity contribution in [1.82, 2.24) is 0 Å². The van der Waals surface area contributed by atoms with E-state index in [1.165, 1.54) is 57.3 Å². The highest BCUT2D eigenvalue weighted by atomic mass is 16.5. The fraction of sp³-hybridized carbons (Fsp3) is 0.867. The van der Waals surface area contributed by atoms with E-state index in [4.69, 9.17) is 4.74 Å². The molecule has 98 valence electrons. The van der Waals surface area contributed by atoms with Gasteiger partial charge in [-0.25, -0.2) is 0 Å². The first-order valence-corrected chi connectivity index (χ1v) is 7.31.